The number of imide groups is 1. The third-order valence-electron chi connectivity index (χ3n) is 5.54. The Morgan fingerprint density at radius 2 is 1.43 bits per heavy atom. The van der Waals surface area contributed by atoms with Crippen LogP contribution in [0.3, 0.4) is 0 Å². The van der Waals surface area contributed by atoms with Crippen molar-refractivity contribution in [3.63, 3.8) is 0 Å². The zero-order chi connectivity index (χ0) is 16.5. The zero-order valence-corrected chi connectivity index (χ0v) is 14.5. The summed E-state index contributed by atoms with van der Waals surface area (Å²) in [6, 6.07) is 4.87. The van der Waals surface area contributed by atoms with Gasteiger partial charge in [0.05, 0.1) is 17.5 Å². The predicted octanol–water partition coefficient (Wildman–Crippen LogP) is 4.48. The fraction of sp³-hybridized carbons (Fsp3) is 0.444. The monoisotopic (exact) mass is 349 g/mol. The fourth-order valence-corrected chi connectivity index (χ4v) is 5.43. The average Bonchev–Trinajstić information content (AvgIpc) is 3.08. The highest BCUT2D eigenvalue weighted by atomic mass is 35.5. The van der Waals surface area contributed by atoms with Crippen LogP contribution in [0.4, 0.5) is 5.69 Å². The summed E-state index contributed by atoms with van der Waals surface area (Å²) >= 11 is 12.1. The molecule has 0 radical (unpaired) electrons. The van der Waals surface area contributed by atoms with E-state index in [4.69, 9.17) is 23.2 Å². The lowest BCUT2D eigenvalue weighted by Crippen LogP contribution is -2.33. The first-order valence-electron chi connectivity index (χ1n) is 7.91. The molecule has 1 aromatic rings. The molecule has 0 spiro atoms. The third-order valence-corrected chi connectivity index (χ3v) is 5.97. The maximum atomic E-state index is 13.0. The molecule has 1 saturated heterocycles. The second-order valence-corrected chi connectivity index (χ2v) is 7.81. The molecule has 1 aromatic carbocycles. The number of anilines is 1. The van der Waals surface area contributed by atoms with Gasteiger partial charge in [0.2, 0.25) is 11.8 Å². The van der Waals surface area contributed by atoms with Crippen molar-refractivity contribution in [1.29, 1.82) is 0 Å². The molecule has 3 aliphatic rings. The van der Waals surface area contributed by atoms with Crippen LogP contribution < -0.4 is 4.90 Å². The van der Waals surface area contributed by atoms with Crippen LogP contribution in [0.5, 0.6) is 0 Å². The summed E-state index contributed by atoms with van der Waals surface area (Å²) in [5, 5.41) is 0.858. The maximum absolute atomic E-state index is 13.0. The minimum absolute atomic E-state index is 0.0933. The Labute approximate surface area is 145 Å². The molecule has 2 amide bonds. The number of carbonyl (C=O) groups is 2. The van der Waals surface area contributed by atoms with Gasteiger partial charge in [0, 0.05) is 10.0 Å². The fourth-order valence-electron chi connectivity index (χ4n) is 4.91. The molecule has 120 valence electrons. The number of halogens is 2. The van der Waals surface area contributed by atoms with Crippen LogP contribution in [-0.4, -0.2) is 11.8 Å². The normalized spacial score (nSPS) is 32.0. The van der Waals surface area contributed by atoms with E-state index in [2.05, 4.69) is 13.8 Å². The van der Waals surface area contributed by atoms with Gasteiger partial charge in [-0.25, -0.2) is 4.90 Å². The van der Waals surface area contributed by atoms with Gasteiger partial charge in [-0.3, -0.25) is 9.59 Å². The average molecular weight is 350 g/mol. The molecule has 4 rings (SSSR count). The second kappa shape index (κ2) is 5.09. The highest BCUT2D eigenvalue weighted by Crippen LogP contribution is 2.60. The van der Waals surface area contributed by atoms with Crippen LogP contribution in [0, 0.1) is 23.7 Å². The number of allylic oxidation sites excluding steroid dienone is 2. The van der Waals surface area contributed by atoms with E-state index in [0.29, 0.717) is 15.7 Å². The molecule has 2 bridgehead atoms. The van der Waals surface area contributed by atoms with E-state index >= 15 is 0 Å². The van der Waals surface area contributed by atoms with Gasteiger partial charge in [0.1, 0.15) is 0 Å². The lowest BCUT2D eigenvalue weighted by Gasteiger charge is -2.19. The van der Waals surface area contributed by atoms with Gasteiger partial charge in [-0.1, -0.05) is 34.3 Å². The molecule has 0 unspecified atom stereocenters. The Morgan fingerprint density at radius 1 is 0.957 bits per heavy atom. The Balaban J connectivity index is 1.77. The van der Waals surface area contributed by atoms with Crippen LogP contribution >= 0.6 is 23.2 Å². The van der Waals surface area contributed by atoms with Crippen molar-refractivity contribution in [2.75, 3.05) is 4.90 Å². The molecule has 23 heavy (non-hydrogen) atoms. The second-order valence-electron chi connectivity index (χ2n) is 6.94. The highest BCUT2D eigenvalue weighted by molar-refractivity contribution is 6.35. The number of carbonyl (C=O) groups excluding carboxylic acids is 2. The van der Waals surface area contributed by atoms with Crippen LogP contribution in [-0.2, 0) is 9.59 Å². The van der Waals surface area contributed by atoms with Gasteiger partial charge >= 0.3 is 0 Å². The van der Waals surface area contributed by atoms with Crippen molar-refractivity contribution >= 4 is 40.7 Å². The lowest BCUT2D eigenvalue weighted by atomic mass is 9.81. The number of rotatable bonds is 1. The van der Waals surface area contributed by atoms with Gasteiger partial charge in [-0.2, -0.15) is 0 Å². The van der Waals surface area contributed by atoms with Gasteiger partial charge in [-0.05, 0) is 56.7 Å². The molecule has 1 heterocycles. The molecule has 3 fully saturated rings. The highest BCUT2D eigenvalue weighted by Gasteiger charge is 2.63. The topological polar surface area (TPSA) is 37.4 Å². The van der Waals surface area contributed by atoms with Gasteiger partial charge < -0.3 is 0 Å². The molecule has 1 aliphatic heterocycles. The first-order valence-corrected chi connectivity index (χ1v) is 8.67. The number of nitrogens with zero attached hydrogens (tertiary/aromatic N) is 1. The Bertz CT molecular complexity index is 714. The minimum Gasteiger partial charge on any atom is -0.274 e. The summed E-state index contributed by atoms with van der Waals surface area (Å²) in [4.78, 5) is 27.3. The molecule has 4 atom stereocenters. The molecule has 2 aliphatic carbocycles. The summed E-state index contributed by atoms with van der Waals surface area (Å²) in [6.07, 6.45) is 2.02. The summed E-state index contributed by atoms with van der Waals surface area (Å²) in [7, 11) is 0. The van der Waals surface area contributed by atoms with Crippen molar-refractivity contribution in [1.82, 2.24) is 0 Å². The quantitative estimate of drug-likeness (QED) is 0.553. The van der Waals surface area contributed by atoms with E-state index in [1.807, 2.05) is 0 Å². The molecular weight excluding hydrogens is 333 g/mol. The van der Waals surface area contributed by atoms with Crippen LogP contribution in [0.2, 0.25) is 10.0 Å². The van der Waals surface area contributed by atoms with Crippen LogP contribution in [0.25, 0.3) is 0 Å². The standard InChI is InChI=1S/C18H17Cl2NO2/c1-8(2)14-12-3-4-13(14)16-15(12)17(22)21(18(16)23)11-6-9(19)5-10(20)7-11/h5-7,12-13,15-16H,3-4H2,1-2H3/t12-,13+,15-,16+. The molecule has 0 aromatic heterocycles. The summed E-state index contributed by atoms with van der Waals surface area (Å²) in [5.74, 6) is -0.140. The molecular formula is C18H17Cl2NO2. The van der Waals surface area contributed by atoms with E-state index < -0.39 is 0 Å². The van der Waals surface area contributed by atoms with Crippen LogP contribution in [0.1, 0.15) is 26.7 Å². The maximum Gasteiger partial charge on any atom is 0.238 e. The summed E-state index contributed by atoms with van der Waals surface area (Å²) in [6.45, 7) is 4.18. The van der Waals surface area contributed by atoms with Gasteiger partial charge in [0.25, 0.3) is 0 Å². The predicted molar refractivity (Wildman–Crippen MR) is 90.5 cm³/mol. The molecule has 3 nitrogen and oxygen atoms in total. The van der Waals surface area contributed by atoms with E-state index in [1.165, 1.54) is 16.0 Å². The van der Waals surface area contributed by atoms with E-state index in [9.17, 15) is 9.59 Å². The lowest BCUT2D eigenvalue weighted by molar-refractivity contribution is -0.123. The minimum atomic E-state index is -0.205. The van der Waals surface area contributed by atoms with Crippen molar-refractivity contribution in [3.8, 4) is 0 Å². The largest absolute Gasteiger partial charge is 0.274 e. The Kier molecular flexibility index (Phi) is 3.37. The summed E-state index contributed by atoms with van der Waals surface area (Å²) in [5.41, 5.74) is 3.11. The first kappa shape index (κ1) is 15.2. The van der Waals surface area contributed by atoms with Crippen molar-refractivity contribution < 1.29 is 9.59 Å². The number of amides is 2. The van der Waals surface area contributed by atoms with Crippen molar-refractivity contribution in [2.24, 2.45) is 23.7 Å². The van der Waals surface area contributed by atoms with E-state index in [-0.39, 0.29) is 35.5 Å². The zero-order valence-electron chi connectivity index (χ0n) is 13.0. The van der Waals surface area contributed by atoms with Gasteiger partial charge in [0.15, 0.2) is 0 Å². The van der Waals surface area contributed by atoms with E-state index in [0.717, 1.165) is 12.8 Å². The first-order chi connectivity index (χ1) is 10.9. The number of benzene rings is 1. The SMILES string of the molecule is CC(C)=C1[C@H]2CC[C@@H]1[C@@H]1C(=O)N(c3cc(Cl)cc(Cl)c3)C(=O)[C@@H]12. The molecule has 5 heteroatoms. The smallest absolute Gasteiger partial charge is 0.238 e. The number of hydrogen-bond donors (Lipinski definition) is 0. The number of fused-ring (bicyclic) bond motifs is 5. The molecule has 0 N–H and O–H groups in total. The van der Waals surface area contributed by atoms with Crippen molar-refractivity contribution in [2.45, 2.75) is 26.7 Å². The van der Waals surface area contributed by atoms with Crippen LogP contribution in [0.15, 0.2) is 29.3 Å². The molecule has 2 saturated carbocycles. The summed E-state index contributed by atoms with van der Waals surface area (Å²) < 4.78 is 0. The van der Waals surface area contributed by atoms with E-state index in [1.54, 1.807) is 18.2 Å². The Morgan fingerprint density at radius 3 is 1.87 bits per heavy atom. The Hall–Kier alpha value is -1.32. The third kappa shape index (κ3) is 2.03. The van der Waals surface area contributed by atoms with Gasteiger partial charge in [-0.15, -0.1) is 0 Å². The van der Waals surface area contributed by atoms with Crippen molar-refractivity contribution in [3.05, 3.63) is 39.4 Å². The number of hydrogen-bond acceptors (Lipinski definition) is 2.